The lowest BCUT2D eigenvalue weighted by atomic mass is 9.87. The van der Waals surface area contributed by atoms with E-state index in [4.69, 9.17) is 4.74 Å². The summed E-state index contributed by atoms with van der Waals surface area (Å²) in [5.74, 6) is -0.236. The molecule has 0 aliphatic heterocycles. The van der Waals surface area contributed by atoms with E-state index >= 15 is 0 Å². The van der Waals surface area contributed by atoms with Crippen LogP contribution in [0.4, 0.5) is 5.00 Å². The molecule has 1 unspecified atom stereocenters. The topological polar surface area (TPSA) is 115 Å². The smallest absolute Gasteiger partial charge is 0.341 e. The molecule has 0 saturated carbocycles. The summed E-state index contributed by atoms with van der Waals surface area (Å²) < 4.78 is 7.06. The number of nitrogens with one attached hydrogen (secondary N) is 2. The Balaban J connectivity index is 1.38. The third-order valence-electron chi connectivity index (χ3n) is 6.88. The van der Waals surface area contributed by atoms with E-state index in [1.807, 2.05) is 24.3 Å². The number of aryl methyl sites for hydroxylation is 1. The van der Waals surface area contributed by atoms with Gasteiger partial charge in [0.1, 0.15) is 5.00 Å². The monoisotopic (exact) mass is 583 g/mol. The number of aromatic nitrogens is 3. The number of thioether (sulfide) groups is 1. The van der Waals surface area contributed by atoms with E-state index in [0.717, 1.165) is 41.7 Å². The molecule has 0 saturated heterocycles. The van der Waals surface area contributed by atoms with Crippen LogP contribution in [0.5, 0.6) is 0 Å². The van der Waals surface area contributed by atoms with E-state index in [9.17, 15) is 14.4 Å². The Kier molecular flexibility index (Phi) is 9.35. The number of esters is 1. The second kappa shape index (κ2) is 12.6. The normalized spacial score (nSPS) is 13.8. The largest absolute Gasteiger partial charge is 0.462 e. The first kappa shape index (κ1) is 29.8. The Labute approximate surface area is 243 Å². The average molecular weight is 584 g/mol. The van der Waals surface area contributed by atoms with Gasteiger partial charge in [-0.05, 0) is 68.2 Å². The van der Waals surface area contributed by atoms with Crippen LogP contribution in [0.15, 0.2) is 29.4 Å². The van der Waals surface area contributed by atoms with Crippen molar-refractivity contribution in [2.24, 2.45) is 7.05 Å². The summed E-state index contributed by atoms with van der Waals surface area (Å²) >= 11 is 2.73. The first-order valence-corrected chi connectivity index (χ1v) is 15.2. The molecule has 1 aromatic carbocycles. The molecule has 0 bridgehead atoms. The zero-order valence-corrected chi connectivity index (χ0v) is 25.6. The van der Waals surface area contributed by atoms with Crippen molar-refractivity contribution in [1.82, 2.24) is 20.1 Å². The summed E-state index contributed by atoms with van der Waals surface area (Å²) in [4.78, 5) is 39.7. The van der Waals surface area contributed by atoms with Gasteiger partial charge in [0.25, 0.3) is 5.91 Å². The fourth-order valence-electron chi connectivity index (χ4n) is 4.48. The fourth-order valence-corrected chi connectivity index (χ4v) is 6.60. The van der Waals surface area contributed by atoms with E-state index in [2.05, 4.69) is 41.6 Å². The van der Waals surface area contributed by atoms with Crippen molar-refractivity contribution in [3.05, 3.63) is 57.2 Å². The first-order chi connectivity index (χ1) is 19.0. The molecule has 40 heavy (non-hydrogen) atoms. The van der Waals surface area contributed by atoms with Gasteiger partial charge < -0.3 is 19.9 Å². The van der Waals surface area contributed by atoms with Crippen LogP contribution < -0.4 is 10.6 Å². The molecule has 2 amide bonds. The molecule has 214 valence electrons. The average Bonchev–Trinajstić information content (AvgIpc) is 3.46. The summed E-state index contributed by atoms with van der Waals surface area (Å²) in [7, 11) is 1.80. The Morgan fingerprint density at radius 1 is 1.12 bits per heavy atom. The zero-order valence-electron chi connectivity index (χ0n) is 23.9. The van der Waals surface area contributed by atoms with Crippen LogP contribution in [-0.4, -0.2) is 44.4 Å². The number of nitrogens with zero attached hydrogens (tertiary/aromatic N) is 3. The highest BCUT2D eigenvalue weighted by Crippen LogP contribution is 2.39. The molecule has 3 aromatic rings. The number of hydrogen-bond donors (Lipinski definition) is 2. The number of benzene rings is 1. The molecule has 1 aliphatic rings. The van der Waals surface area contributed by atoms with Crippen LogP contribution >= 0.6 is 23.1 Å². The number of hydrogen-bond acceptors (Lipinski definition) is 8. The SMILES string of the molecule is CCOC(=O)c1c(NC(=O)C(C)Sc2nnc(CNC(=O)c3ccc(C(C)(C)C)cc3)n2C)sc2c1CCCC2. The maximum absolute atomic E-state index is 13.1. The zero-order chi connectivity index (χ0) is 29.0. The molecule has 2 heterocycles. The molecule has 0 spiro atoms. The quantitative estimate of drug-likeness (QED) is 0.260. The van der Waals surface area contributed by atoms with Gasteiger partial charge >= 0.3 is 5.97 Å². The molecule has 1 aliphatic carbocycles. The van der Waals surface area contributed by atoms with Gasteiger partial charge in [0.05, 0.1) is 24.0 Å². The summed E-state index contributed by atoms with van der Waals surface area (Å²) in [5, 5.41) is 14.9. The van der Waals surface area contributed by atoms with E-state index < -0.39 is 5.25 Å². The Hall–Kier alpha value is -3.18. The molecule has 1 atom stereocenters. The molecule has 2 N–H and O–H groups in total. The Morgan fingerprint density at radius 2 is 1.82 bits per heavy atom. The highest BCUT2D eigenvalue weighted by molar-refractivity contribution is 8.00. The molecule has 2 aromatic heterocycles. The van der Waals surface area contributed by atoms with Gasteiger partial charge in [-0.3, -0.25) is 9.59 Å². The van der Waals surface area contributed by atoms with E-state index in [1.165, 1.54) is 23.1 Å². The number of amides is 2. The highest BCUT2D eigenvalue weighted by atomic mass is 32.2. The van der Waals surface area contributed by atoms with Crippen molar-refractivity contribution in [2.45, 2.75) is 82.7 Å². The molecule has 0 radical (unpaired) electrons. The third-order valence-corrected chi connectivity index (χ3v) is 9.23. The van der Waals surface area contributed by atoms with Crippen molar-refractivity contribution in [2.75, 3.05) is 11.9 Å². The van der Waals surface area contributed by atoms with Gasteiger partial charge in [-0.1, -0.05) is 44.7 Å². The van der Waals surface area contributed by atoms with Crippen molar-refractivity contribution in [3.63, 3.8) is 0 Å². The van der Waals surface area contributed by atoms with Gasteiger partial charge in [-0.2, -0.15) is 0 Å². The van der Waals surface area contributed by atoms with Gasteiger partial charge in [-0.25, -0.2) is 4.79 Å². The van der Waals surface area contributed by atoms with Gasteiger partial charge in [-0.15, -0.1) is 21.5 Å². The van der Waals surface area contributed by atoms with Crippen molar-refractivity contribution < 1.29 is 19.1 Å². The standard InChI is InChI=1S/C29H37N5O4S2/c1-7-38-27(37)23-20-10-8-9-11-21(20)40-26(23)31-24(35)17(2)39-28-33-32-22(34(28)6)16-30-25(36)18-12-14-19(15-13-18)29(3,4)5/h12-15,17H,7-11,16H2,1-6H3,(H,30,36)(H,31,35). The predicted molar refractivity (Wildman–Crippen MR) is 158 cm³/mol. The number of ether oxygens (including phenoxy) is 1. The number of thiophene rings is 1. The maximum Gasteiger partial charge on any atom is 0.341 e. The molecule has 4 rings (SSSR count). The number of fused-ring (bicyclic) bond motifs is 1. The minimum absolute atomic E-state index is 0.0160. The molecule has 11 heteroatoms. The Bertz CT molecular complexity index is 1390. The number of carbonyl (C=O) groups is 3. The molecular weight excluding hydrogens is 546 g/mol. The summed E-state index contributed by atoms with van der Waals surface area (Å²) in [6, 6.07) is 7.59. The van der Waals surface area contributed by atoms with E-state index in [-0.39, 0.29) is 36.4 Å². The molecular formula is C29H37N5O4S2. The summed E-state index contributed by atoms with van der Waals surface area (Å²) in [5.41, 5.74) is 3.26. The van der Waals surface area contributed by atoms with E-state index in [0.29, 0.717) is 27.1 Å². The van der Waals surface area contributed by atoms with Crippen LogP contribution in [-0.2, 0) is 41.4 Å². The van der Waals surface area contributed by atoms with Crippen molar-refractivity contribution in [1.29, 1.82) is 0 Å². The fraction of sp³-hybridized carbons (Fsp3) is 0.483. The van der Waals surface area contributed by atoms with Gasteiger partial charge in [0, 0.05) is 17.5 Å². The Morgan fingerprint density at radius 3 is 2.50 bits per heavy atom. The third kappa shape index (κ3) is 6.75. The minimum atomic E-state index is -0.499. The second-order valence-corrected chi connectivity index (χ2v) is 13.3. The van der Waals surface area contributed by atoms with Crippen LogP contribution in [0.25, 0.3) is 0 Å². The lowest BCUT2D eigenvalue weighted by Gasteiger charge is -2.19. The summed E-state index contributed by atoms with van der Waals surface area (Å²) in [6.07, 6.45) is 3.83. The minimum Gasteiger partial charge on any atom is -0.462 e. The lowest BCUT2D eigenvalue weighted by Crippen LogP contribution is -2.25. The van der Waals surface area contributed by atoms with Crippen LogP contribution in [0, 0.1) is 0 Å². The van der Waals surface area contributed by atoms with Gasteiger partial charge in [0.2, 0.25) is 5.91 Å². The maximum atomic E-state index is 13.1. The predicted octanol–water partition coefficient (Wildman–Crippen LogP) is 5.28. The van der Waals surface area contributed by atoms with Crippen LogP contribution in [0.3, 0.4) is 0 Å². The number of carbonyl (C=O) groups excluding carboxylic acids is 3. The second-order valence-electron chi connectivity index (χ2n) is 10.9. The summed E-state index contributed by atoms with van der Waals surface area (Å²) in [6.45, 7) is 10.4. The molecule has 9 nitrogen and oxygen atoms in total. The lowest BCUT2D eigenvalue weighted by molar-refractivity contribution is -0.115. The van der Waals surface area contributed by atoms with Crippen LogP contribution in [0.1, 0.15) is 90.0 Å². The van der Waals surface area contributed by atoms with Gasteiger partial charge in [0.15, 0.2) is 11.0 Å². The van der Waals surface area contributed by atoms with Crippen molar-refractivity contribution in [3.8, 4) is 0 Å². The number of rotatable bonds is 9. The highest BCUT2D eigenvalue weighted by Gasteiger charge is 2.29. The molecule has 0 fully saturated rings. The first-order valence-electron chi connectivity index (χ1n) is 13.6. The van der Waals surface area contributed by atoms with E-state index in [1.54, 1.807) is 25.5 Å². The number of anilines is 1. The van der Waals surface area contributed by atoms with Crippen molar-refractivity contribution >= 4 is 45.9 Å². The van der Waals surface area contributed by atoms with Crippen LogP contribution in [0.2, 0.25) is 0 Å².